The number of rotatable bonds is 7. The molecular formula is C17H24N4O2. The molecule has 6 nitrogen and oxygen atoms in total. The molecule has 6 heteroatoms. The summed E-state index contributed by atoms with van der Waals surface area (Å²) in [6.07, 6.45) is 3.69. The van der Waals surface area contributed by atoms with Gasteiger partial charge in [0.25, 0.3) is 11.8 Å². The van der Waals surface area contributed by atoms with Gasteiger partial charge in [0.1, 0.15) is 0 Å². The van der Waals surface area contributed by atoms with Crippen molar-refractivity contribution < 1.29 is 9.59 Å². The molecule has 0 aliphatic heterocycles. The van der Waals surface area contributed by atoms with Crippen LogP contribution in [-0.2, 0) is 0 Å². The van der Waals surface area contributed by atoms with E-state index in [9.17, 15) is 9.59 Å². The Hall–Kier alpha value is -2.37. The summed E-state index contributed by atoms with van der Waals surface area (Å²) >= 11 is 0. The summed E-state index contributed by atoms with van der Waals surface area (Å²) in [5.74, 6) is -0.142. The second-order valence-corrected chi connectivity index (χ2v) is 5.33. The smallest absolute Gasteiger partial charge is 0.287 e. The number of nitrogens with zero attached hydrogens (tertiary/aromatic N) is 3. The van der Waals surface area contributed by atoms with E-state index in [0.29, 0.717) is 30.8 Å². The number of fused-ring (bicyclic) bond motifs is 1. The zero-order valence-corrected chi connectivity index (χ0v) is 14.0. The Morgan fingerprint density at radius 3 is 2.61 bits per heavy atom. The zero-order chi connectivity index (χ0) is 16.8. The van der Waals surface area contributed by atoms with E-state index in [1.165, 1.54) is 0 Å². The number of hydrogen-bond acceptors (Lipinski definition) is 3. The third-order valence-corrected chi connectivity index (χ3v) is 3.82. The largest absolute Gasteiger partial charge is 0.349 e. The number of imidazole rings is 1. The summed E-state index contributed by atoms with van der Waals surface area (Å²) in [6.45, 7) is 7.75. The number of hydrogen-bond donors (Lipinski definition) is 1. The number of aromatic nitrogens is 2. The standard InChI is InChI=1S/C17H24N4O2/c1-4-7-11-18-16(22)15-19-14(17(23)20(5-2)6-3)13-10-8-9-12-21(13)15/h8-10,12H,4-7,11H2,1-3H3,(H,18,22). The molecule has 0 radical (unpaired) electrons. The van der Waals surface area contributed by atoms with E-state index in [2.05, 4.69) is 17.2 Å². The number of nitrogens with one attached hydrogen (secondary N) is 1. The first kappa shape index (κ1) is 17.0. The molecule has 0 saturated heterocycles. The van der Waals surface area contributed by atoms with Gasteiger partial charge >= 0.3 is 0 Å². The van der Waals surface area contributed by atoms with Gasteiger partial charge in [0.05, 0.1) is 5.52 Å². The van der Waals surface area contributed by atoms with Gasteiger partial charge in [-0.15, -0.1) is 0 Å². The molecule has 2 aromatic rings. The van der Waals surface area contributed by atoms with Crippen LogP contribution in [0.5, 0.6) is 0 Å². The minimum Gasteiger partial charge on any atom is -0.349 e. The van der Waals surface area contributed by atoms with Crippen molar-refractivity contribution in [1.82, 2.24) is 19.6 Å². The van der Waals surface area contributed by atoms with Gasteiger partial charge < -0.3 is 10.2 Å². The molecule has 2 aromatic heterocycles. The number of carbonyl (C=O) groups excluding carboxylic acids is 2. The predicted molar refractivity (Wildman–Crippen MR) is 89.7 cm³/mol. The van der Waals surface area contributed by atoms with Gasteiger partial charge in [-0.3, -0.25) is 14.0 Å². The van der Waals surface area contributed by atoms with Gasteiger partial charge in [-0.1, -0.05) is 19.4 Å². The van der Waals surface area contributed by atoms with Crippen molar-refractivity contribution in [1.29, 1.82) is 0 Å². The lowest BCUT2D eigenvalue weighted by atomic mass is 10.3. The molecular weight excluding hydrogens is 292 g/mol. The number of carbonyl (C=O) groups is 2. The molecule has 0 fully saturated rings. The number of pyridine rings is 1. The van der Waals surface area contributed by atoms with E-state index >= 15 is 0 Å². The second-order valence-electron chi connectivity index (χ2n) is 5.33. The van der Waals surface area contributed by atoms with Gasteiger partial charge in [0.2, 0.25) is 5.82 Å². The lowest BCUT2D eigenvalue weighted by Gasteiger charge is -2.17. The van der Waals surface area contributed by atoms with Crippen LogP contribution < -0.4 is 5.32 Å². The van der Waals surface area contributed by atoms with E-state index in [4.69, 9.17) is 0 Å². The number of amides is 2. The normalized spacial score (nSPS) is 10.7. The van der Waals surface area contributed by atoms with Crippen LogP contribution in [0.25, 0.3) is 5.52 Å². The first-order chi connectivity index (χ1) is 11.1. The summed E-state index contributed by atoms with van der Waals surface area (Å²) in [5.41, 5.74) is 0.986. The SMILES string of the molecule is CCCCNC(=O)c1nc(C(=O)N(CC)CC)c2ccccn12. The molecule has 23 heavy (non-hydrogen) atoms. The quantitative estimate of drug-likeness (QED) is 0.797. The minimum atomic E-state index is -0.252. The fourth-order valence-corrected chi connectivity index (χ4v) is 2.47. The second kappa shape index (κ2) is 7.76. The summed E-state index contributed by atoms with van der Waals surface area (Å²) in [4.78, 5) is 31.0. The molecule has 2 amide bonds. The van der Waals surface area contributed by atoms with E-state index in [1.54, 1.807) is 15.5 Å². The Bertz CT molecular complexity index is 689. The summed E-state index contributed by atoms with van der Waals surface area (Å²) < 4.78 is 1.68. The molecule has 0 atom stereocenters. The Balaban J connectivity index is 2.40. The van der Waals surface area contributed by atoms with Crippen molar-refractivity contribution in [3.63, 3.8) is 0 Å². The van der Waals surface area contributed by atoms with Crippen LogP contribution in [0.15, 0.2) is 24.4 Å². The lowest BCUT2D eigenvalue weighted by Crippen LogP contribution is -2.31. The summed E-state index contributed by atoms with van der Waals surface area (Å²) in [5, 5.41) is 2.85. The number of unbranched alkanes of at least 4 members (excludes halogenated alkanes) is 1. The van der Waals surface area contributed by atoms with Crippen molar-refractivity contribution in [3.8, 4) is 0 Å². The molecule has 0 aliphatic carbocycles. The van der Waals surface area contributed by atoms with Gasteiger partial charge in [-0.25, -0.2) is 4.98 Å². The molecule has 0 saturated carbocycles. The van der Waals surface area contributed by atoms with E-state index in [1.807, 2.05) is 32.0 Å². The molecule has 2 heterocycles. The Kier molecular flexibility index (Phi) is 5.73. The fourth-order valence-electron chi connectivity index (χ4n) is 2.47. The van der Waals surface area contributed by atoms with Crippen molar-refractivity contribution >= 4 is 17.3 Å². The van der Waals surface area contributed by atoms with Crippen molar-refractivity contribution in [3.05, 3.63) is 35.9 Å². The third kappa shape index (κ3) is 3.52. The monoisotopic (exact) mass is 316 g/mol. The van der Waals surface area contributed by atoms with Crippen LogP contribution in [-0.4, -0.2) is 45.7 Å². The summed E-state index contributed by atoms with van der Waals surface area (Å²) in [7, 11) is 0. The van der Waals surface area contributed by atoms with E-state index < -0.39 is 0 Å². The maximum Gasteiger partial charge on any atom is 0.287 e. The average Bonchev–Trinajstić information content (AvgIpc) is 2.95. The molecule has 0 unspecified atom stereocenters. The molecule has 0 spiro atoms. The minimum absolute atomic E-state index is 0.147. The van der Waals surface area contributed by atoms with Gasteiger partial charge in [-0.05, 0) is 32.4 Å². The van der Waals surface area contributed by atoms with Crippen LogP contribution in [0.1, 0.15) is 54.7 Å². The highest BCUT2D eigenvalue weighted by Gasteiger charge is 2.23. The topological polar surface area (TPSA) is 66.7 Å². The molecule has 0 bridgehead atoms. The Morgan fingerprint density at radius 1 is 1.22 bits per heavy atom. The Labute approximate surface area is 136 Å². The van der Waals surface area contributed by atoms with Gasteiger partial charge in [0.15, 0.2) is 5.69 Å². The third-order valence-electron chi connectivity index (χ3n) is 3.82. The van der Waals surface area contributed by atoms with Gasteiger partial charge in [-0.2, -0.15) is 0 Å². The van der Waals surface area contributed by atoms with Crippen LogP contribution in [0.3, 0.4) is 0 Å². The van der Waals surface area contributed by atoms with Crippen LogP contribution in [0.4, 0.5) is 0 Å². The van der Waals surface area contributed by atoms with Crippen LogP contribution >= 0.6 is 0 Å². The maximum atomic E-state index is 12.6. The first-order valence-electron chi connectivity index (χ1n) is 8.18. The highest BCUT2D eigenvalue weighted by Crippen LogP contribution is 2.15. The highest BCUT2D eigenvalue weighted by molar-refractivity contribution is 6.02. The average molecular weight is 316 g/mol. The highest BCUT2D eigenvalue weighted by atomic mass is 16.2. The molecule has 124 valence electrons. The molecule has 0 aliphatic rings. The Morgan fingerprint density at radius 2 is 1.96 bits per heavy atom. The fraction of sp³-hybridized carbons (Fsp3) is 0.471. The summed E-state index contributed by atoms with van der Waals surface area (Å²) in [6, 6.07) is 5.48. The lowest BCUT2D eigenvalue weighted by molar-refractivity contribution is 0.0769. The molecule has 1 N–H and O–H groups in total. The van der Waals surface area contributed by atoms with Crippen molar-refractivity contribution in [2.45, 2.75) is 33.6 Å². The molecule has 0 aromatic carbocycles. The first-order valence-corrected chi connectivity index (χ1v) is 8.18. The predicted octanol–water partition coefficient (Wildman–Crippen LogP) is 2.35. The maximum absolute atomic E-state index is 12.6. The van der Waals surface area contributed by atoms with Crippen LogP contribution in [0, 0.1) is 0 Å². The van der Waals surface area contributed by atoms with Crippen molar-refractivity contribution in [2.75, 3.05) is 19.6 Å². The van der Waals surface area contributed by atoms with Crippen molar-refractivity contribution in [2.24, 2.45) is 0 Å². The van der Waals surface area contributed by atoms with Crippen LogP contribution in [0.2, 0.25) is 0 Å². The van der Waals surface area contributed by atoms with Gasteiger partial charge in [0, 0.05) is 25.8 Å². The van der Waals surface area contributed by atoms with E-state index in [0.717, 1.165) is 12.8 Å². The molecule has 2 rings (SSSR count). The zero-order valence-electron chi connectivity index (χ0n) is 14.0. The van der Waals surface area contributed by atoms with E-state index in [-0.39, 0.29) is 17.6 Å².